The molecule has 0 bridgehead atoms. The number of carboxylic acid groups (broad SMARTS) is 1. The number of carboxylic acids is 1. The van der Waals surface area contributed by atoms with Gasteiger partial charge in [0.1, 0.15) is 0 Å². The average Bonchev–Trinajstić information content (AvgIpc) is 2.68. The molecule has 0 saturated carbocycles. The molecule has 0 spiro atoms. The zero-order chi connectivity index (χ0) is 12.1. The van der Waals surface area contributed by atoms with Gasteiger partial charge < -0.3 is 14.7 Å². The van der Waals surface area contributed by atoms with Gasteiger partial charge in [-0.25, -0.2) is 0 Å². The highest BCUT2D eigenvalue weighted by molar-refractivity contribution is 5.69. The lowest BCUT2D eigenvalue weighted by molar-refractivity contribution is -0.138. The Labute approximate surface area is 102 Å². The summed E-state index contributed by atoms with van der Waals surface area (Å²) in [4.78, 5) is 15.2. The van der Waals surface area contributed by atoms with Gasteiger partial charge in [-0.1, -0.05) is 0 Å². The van der Waals surface area contributed by atoms with E-state index >= 15 is 0 Å². The number of ether oxygens (including phenoxy) is 1. The summed E-state index contributed by atoms with van der Waals surface area (Å²) in [5, 5.41) is 8.78. The summed E-state index contributed by atoms with van der Waals surface area (Å²) in [6, 6.07) is 0. The van der Waals surface area contributed by atoms with Gasteiger partial charge in [0.2, 0.25) is 0 Å². The zero-order valence-electron chi connectivity index (χ0n) is 10.3. The fourth-order valence-electron chi connectivity index (χ4n) is 2.65. The molecule has 2 rings (SSSR count). The minimum Gasteiger partial charge on any atom is -0.480 e. The summed E-state index contributed by atoms with van der Waals surface area (Å²) in [5.74, 6) is -0.0383. The first-order chi connectivity index (χ1) is 8.24. The maximum absolute atomic E-state index is 10.7. The van der Waals surface area contributed by atoms with Crippen LogP contribution in [0.4, 0.5) is 0 Å². The van der Waals surface area contributed by atoms with E-state index < -0.39 is 5.97 Å². The molecule has 2 aliphatic rings. The molecule has 0 aliphatic carbocycles. The molecular weight excluding hydrogens is 220 g/mol. The molecule has 0 radical (unpaired) electrons. The van der Waals surface area contributed by atoms with Crippen LogP contribution >= 0.6 is 0 Å². The Kier molecular flexibility index (Phi) is 4.76. The minimum atomic E-state index is -0.720. The number of hydrogen-bond donors (Lipinski definition) is 1. The fraction of sp³-hybridized carbons (Fsp3) is 0.917. The van der Waals surface area contributed by atoms with Gasteiger partial charge in [-0.2, -0.15) is 0 Å². The Bertz CT molecular complexity index is 254. The standard InChI is InChI=1S/C12H22N2O3/c15-12(16)9-14-4-1-3-13(5-6-14)8-11-2-7-17-10-11/h11H,1-10H2,(H,15,16). The zero-order valence-corrected chi connectivity index (χ0v) is 10.3. The second-order valence-corrected chi connectivity index (χ2v) is 5.05. The summed E-state index contributed by atoms with van der Waals surface area (Å²) >= 11 is 0. The molecule has 2 saturated heterocycles. The summed E-state index contributed by atoms with van der Waals surface area (Å²) in [6.07, 6.45) is 2.25. The highest BCUT2D eigenvalue weighted by Gasteiger charge is 2.21. The van der Waals surface area contributed by atoms with Crippen molar-refractivity contribution in [2.24, 2.45) is 5.92 Å². The maximum Gasteiger partial charge on any atom is 0.317 e. The van der Waals surface area contributed by atoms with Crippen molar-refractivity contribution in [2.75, 3.05) is 52.5 Å². The van der Waals surface area contributed by atoms with Crippen LogP contribution < -0.4 is 0 Å². The minimum absolute atomic E-state index is 0.181. The fourth-order valence-corrected chi connectivity index (χ4v) is 2.65. The van der Waals surface area contributed by atoms with Crippen LogP contribution in [0.2, 0.25) is 0 Å². The van der Waals surface area contributed by atoms with Crippen LogP contribution in [0.5, 0.6) is 0 Å². The van der Waals surface area contributed by atoms with Gasteiger partial charge in [-0.3, -0.25) is 9.69 Å². The molecule has 98 valence electrons. The van der Waals surface area contributed by atoms with Crippen molar-refractivity contribution in [3.05, 3.63) is 0 Å². The van der Waals surface area contributed by atoms with Crippen molar-refractivity contribution < 1.29 is 14.6 Å². The SMILES string of the molecule is O=C(O)CN1CCCN(CC2CCOC2)CC1. The Morgan fingerprint density at radius 1 is 1.24 bits per heavy atom. The van der Waals surface area contributed by atoms with E-state index in [4.69, 9.17) is 9.84 Å². The van der Waals surface area contributed by atoms with E-state index in [1.807, 2.05) is 4.90 Å². The number of hydrogen-bond acceptors (Lipinski definition) is 4. The quantitative estimate of drug-likeness (QED) is 0.758. The predicted molar refractivity (Wildman–Crippen MR) is 64.1 cm³/mol. The smallest absolute Gasteiger partial charge is 0.317 e. The molecule has 0 aromatic rings. The molecule has 2 aliphatic heterocycles. The third-order valence-electron chi connectivity index (χ3n) is 3.58. The topological polar surface area (TPSA) is 53.0 Å². The van der Waals surface area contributed by atoms with Crippen molar-refractivity contribution in [1.82, 2.24) is 9.80 Å². The number of aliphatic carboxylic acids is 1. The third-order valence-corrected chi connectivity index (χ3v) is 3.58. The lowest BCUT2D eigenvalue weighted by atomic mass is 10.1. The van der Waals surface area contributed by atoms with Gasteiger partial charge in [0.15, 0.2) is 0 Å². The Hall–Kier alpha value is -0.650. The monoisotopic (exact) mass is 242 g/mol. The molecule has 1 N–H and O–H groups in total. The second kappa shape index (κ2) is 6.33. The van der Waals surface area contributed by atoms with Crippen molar-refractivity contribution >= 4 is 5.97 Å². The van der Waals surface area contributed by atoms with Gasteiger partial charge in [0.25, 0.3) is 0 Å². The van der Waals surface area contributed by atoms with Crippen LogP contribution in [-0.4, -0.2) is 73.4 Å². The van der Waals surface area contributed by atoms with Gasteiger partial charge >= 0.3 is 5.97 Å². The summed E-state index contributed by atoms with van der Waals surface area (Å²) in [7, 11) is 0. The molecule has 5 heteroatoms. The van der Waals surface area contributed by atoms with E-state index in [2.05, 4.69) is 4.90 Å². The van der Waals surface area contributed by atoms with Crippen LogP contribution in [0.1, 0.15) is 12.8 Å². The molecule has 2 heterocycles. The predicted octanol–water partition coefficient (Wildman–Crippen LogP) is 0.115. The normalized spacial score (nSPS) is 28.1. The van der Waals surface area contributed by atoms with Crippen molar-refractivity contribution in [2.45, 2.75) is 12.8 Å². The van der Waals surface area contributed by atoms with Gasteiger partial charge in [0, 0.05) is 32.8 Å². The van der Waals surface area contributed by atoms with Crippen LogP contribution in [0.25, 0.3) is 0 Å². The van der Waals surface area contributed by atoms with Crippen molar-refractivity contribution in [1.29, 1.82) is 0 Å². The first-order valence-electron chi connectivity index (χ1n) is 6.48. The lowest BCUT2D eigenvalue weighted by Gasteiger charge is -2.23. The van der Waals surface area contributed by atoms with E-state index in [-0.39, 0.29) is 6.54 Å². The summed E-state index contributed by atoms with van der Waals surface area (Å²) in [5.41, 5.74) is 0. The maximum atomic E-state index is 10.7. The van der Waals surface area contributed by atoms with Gasteiger partial charge in [-0.05, 0) is 25.3 Å². The molecule has 0 amide bonds. The first-order valence-corrected chi connectivity index (χ1v) is 6.48. The molecule has 2 fully saturated rings. The van der Waals surface area contributed by atoms with Gasteiger partial charge in [-0.15, -0.1) is 0 Å². The van der Waals surface area contributed by atoms with E-state index in [1.54, 1.807) is 0 Å². The molecule has 0 aromatic carbocycles. The van der Waals surface area contributed by atoms with Gasteiger partial charge in [0.05, 0.1) is 13.2 Å². The highest BCUT2D eigenvalue weighted by atomic mass is 16.5. The van der Waals surface area contributed by atoms with Crippen LogP contribution in [0, 0.1) is 5.92 Å². The second-order valence-electron chi connectivity index (χ2n) is 5.05. The Balaban J connectivity index is 1.72. The van der Waals surface area contributed by atoms with E-state index in [1.165, 1.54) is 6.42 Å². The number of rotatable bonds is 4. The molecule has 0 aromatic heterocycles. The van der Waals surface area contributed by atoms with E-state index in [0.717, 1.165) is 52.4 Å². The van der Waals surface area contributed by atoms with Crippen LogP contribution in [0.3, 0.4) is 0 Å². The molecule has 1 unspecified atom stereocenters. The van der Waals surface area contributed by atoms with Crippen LogP contribution in [-0.2, 0) is 9.53 Å². The van der Waals surface area contributed by atoms with Crippen molar-refractivity contribution in [3.8, 4) is 0 Å². The van der Waals surface area contributed by atoms with E-state index in [9.17, 15) is 4.79 Å². The number of carbonyl (C=O) groups is 1. The average molecular weight is 242 g/mol. The molecule has 1 atom stereocenters. The third kappa shape index (κ3) is 4.26. The summed E-state index contributed by atoms with van der Waals surface area (Å²) in [6.45, 7) is 6.96. The van der Waals surface area contributed by atoms with Crippen molar-refractivity contribution in [3.63, 3.8) is 0 Å². The Morgan fingerprint density at radius 3 is 2.71 bits per heavy atom. The highest BCUT2D eigenvalue weighted by Crippen LogP contribution is 2.15. The Morgan fingerprint density at radius 2 is 2.00 bits per heavy atom. The lowest BCUT2D eigenvalue weighted by Crippen LogP contribution is -2.35. The van der Waals surface area contributed by atoms with E-state index in [0.29, 0.717) is 5.92 Å². The molecule has 17 heavy (non-hydrogen) atoms. The number of nitrogens with zero attached hydrogens (tertiary/aromatic N) is 2. The van der Waals surface area contributed by atoms with Crippen LogP contribution in [0.15, 0.2) is 0 Å². The first kappa shape index (κ1) is 12.8. The summed E-state index contributed by atoms with van der Waals surface area (Å²) < 4.78 is 5.39. The largest absolute Gasteiger partial charge is 0.480 e. The molecular formula is C12H22N2O3. The molecule has 5 nitrogen and oxygen atoms in total.